The molecule has 3 aromatic carbocycles. The molecular weight excluding hydrogens is 470 g/mol. The molecule has 0 amide bonds. The molecule has 0 heterocycles. The van der Waals surface area contributed by atoms with E-state index in [9.17, 15) is 14.4 Å². The zero-order valence-electron chi connectivity index (χ0n) is 21.6. The van der Waals surface area contributed by atoms with E-state index in [1.54, 1.807) is 36.4 Å². The lowest BCUT2D eigenvalue weighted by atomic mass is 10.1. The zero-order valence-corrected chi connectivity index (χ0v) is 21.6. The summed E-state index contributed by atoms with van der Waals surface area (Å²) < 4.78 is 16.3. The van der Waals surface area contributed by atoms with E-state index in [1.807, 2.05) is 62.1 Å². The van der Waals surface area contributed by atoms with Crippen molar-refractivity contribution < 1.29 is 28.6 Å². The fraction of sp³-hybridized carbons (Fsp3) is 0.300. The van der Waals surface area contributed by atoms with Crippen molar-refractivity contribution in [1.82, 2.24) is 4.90 Å². The summed E-state index contributed by atoms with van der Waals surface area (Å²) in [5, 5.41) is 0. The van der Waals surface area contributed by atoms with Gasteiger partial charge in [0.1, 0.15) is 19.8 Å². The minimum Gasteiger partial charge on any atom is -0.461 e. The maximum absolute atomic E-state index is 12.3. The molecule has 0 atom stereocenters. The molecular formula is C30H33NO6. The van der Waals surface area contributed by atoms with E-state index < -0.39 is 17.9 Å². The van der Waals surface area contributed by atoms with Crippen molar-refractivity contribution in [3.8, 4) is 0 Å². The fourth-order valence-electron chi connectivity index (χ4n) is 3.46. The average molecular weight is 504 g/mol. The van der Waals surface area contributed by atoms with E-state index in [4.69, 9.17) is 14.2 Å². The highest BCUT2D eigenvalue weighted by molar-refractivity contribution is 5.90. The van der Waals surface area contributed by atoms with Crippen LogP contribution in [0.15, 0.2) is 72.8 Å². The molecule has 0 bridgehead atoms. The molecule has 0 saturated carbocycles. The number of aryl methyl sites for hydroxylation is 3. The first-order valence-corrected chi connectivity index (χ1v) is 12.3. The van der Waals surface area contributed by atoms with Gasteiger partial charge in [0.2, 0.25) is 0 Å². The fourth-order valence-corrected chi connectivity index (χ4v) is 3.46. The number of benzene rings is 3. The summed E-state index contributed by atoms with van der Waals surface area (Å²) >= 11 is 0. The van der Waals surface area contributed by atoms with Crippen LogP contribution < -0.4 is 0 Å². The molecule has 194 valence electrons. The molecule has 0 aliphatic rings. The van der Waals surface area contributed by atoms with Gasteiger partial charge in [-0.05, 0) is 57.2 Å². The summed E-state index contributed by atoms with van der Waals surface area (Å²) in [7, 11) is 0. The van der Waals surface area contributed by atoms with Gasteiger partial charge in [-0.15, -0.1) is 0 Å². The Bertz CT molecular complexity index is 1020. The lowest BCUT2D eigenvalue weighted by Crippen LogP contribution is -2.35. The Hall–Kier alpha value is -3.97. The first-order chi connectivity index (χ1) is 17.8. The second-order valence-corrected chi connectivity index (χ2v) is 8.85. The Labute approximate surface area is 218 Å². The molecule has 7 heteroatoms. The van der Waals surface area contributed by atoms with Crippen LogP contribution in [0.25, 0.3) is 0 Å². The molecule has 0 aromatic heterocycles. The van der Waals surface area contributed by atoms with Crippen LogP contribution in [0.3, 0.4) is 0 Å². The normalized spacial score (nSPS) is 10.7. The zero-order chi connectivity index (χ0) is 26.6. The number of hydrogen-bond acceptors (Lipinski definition) is 7. The van der Waals surface area contributed by atoms with Crippen molar-refractivity contribution >= 4 is 17.9 Å². The number of esters is 3. The van der Waals surface area contributed by atoms with Crippen LogP contribution in [0.1, 0.15) is 47.8 Å². The first-order valence-electron chi connectivity index (χ1n) is 12.3. The Morgan fingerprint density at radius 1 is 0.486 bits per heavy atom. The summed E-state index contributed by atoms with van der Waals surface area (Å²) in [6, 6.07) is 21.5. The van der Waals surface area contributed by atoms with Crippen LogP contribution in [0.5, 0.6) is 0 Å². The van der Waals surface area contributed by atoms with Gasteiger partial charge in [-0.2, -0.15) is 0 Å². The van der Waals surface area contributed by atoms with E-state index in [-0.39, 0.29) is 19.8 Å². The van der Waals surface area contributed by atoms with Gasteiger partial charge in [0.15, 0.2) is 0 Å². The van der Waals surface area contributed by atoms with Crippen LogP contribution in [0.2, 0.25) is 0 Å². The van der Waals surface area contributed by atoms with Gasteiger partial charge in [-0.3, -0.25) is 4.90 Å². The SMILES string of the molecule is Cc1ccc(C(=O)OCCN(CCOC(=O)c2ccc(C)cc2)CCOC(=O)c2ccc(C)cc2)cc1. The molecule has 37 heavy (non-hydrogen) atoms. The van der Waals surface area contributed by atoms with Crippen molar-refractivity contribution in [2.75, 3.05) is 39.5 Å². The van der Waals surface area contributed by atoms with E-state index in [0.717, 1.165) is 16.7 Å². The highest BCUT2D eigenvalue weighted by atomic mass is 16.5. The van der Waals surface area contributed by atoms with E-state index in [2.05, 4.69) is 0 Å². The first kappa shape index (κ1) is 27.6. The maximum Gasteiger partial charge on any atom is 0.338 e. The summed E-state index contributed by atoms with van der Waals surface area (Å²) in [6.45, 7) is 7.45. The van der Waals surface area contributed by atoms with Crippen LogP contribution in [0.4, 0.5) is 0 Å². The maximum atomic E-state index is 12.3. The lowest BCUT2D eigenvalue weighted by molar-refractivity contribution is 0.0331. The second-order valence-electron chi connectivity index (χ2n) is 8.85. The minimum absolute atomic E-state index is 0.143. The Kier molecular flexibility index (Phi) is 10.4. The Morgan fingerprint density at radius 2 is 0.730 bits per heavy atom. The largest absolute Gasteiger partial charge is 0.461 e. The smallest absolute Gasteiger partial charge is 0.338 e. The number of carbonyl (C=O) groups is 3. The molecule has 7 nitrogen and oxygen atoms in total. The standard InChI is InChI=1S/C30H33NO6/c1-22-4-10-25(11-5-22)28(32)35-19-16-31(17-20-36-29(33)26-12-6-23(2)7-13-26)18-21-37-30(34)27-14-8-24(3)9-15-27/h4-15H,16-21H2,1-3H3. The van der Waals surface area contributed by atoms with Crippen molar-refractivity contribution in [1.29, 1.82) is 0 Å². The highest BCUT2D eigenvalue weighted by Gasteiger charge is 2.13. The second kappa shape index (κ2) is 13.9. The van der Waals surface area contributed by atoms with Crippen LogP contribution in [0, 0.1) is 20.8 Å². The van der Waals surface area contributed by atoms with Gasteiger partial charge in [-0.1, -0.05) is 53.1 Å². The molecule has 3 aromatic rings. The number of rotatable bonds is 12. The summed E-state index contributed by atoms with van der Waals surface area (Å²) in [6.07, 6.45) is 0. The topological polar surface area (TPSA) is 82.1 Å². The lowest BCUT2D eigenvalue weighted by Gasteiger charge is -2.22. The van der Waals surface area contributed by atoms with Crippen molar-refractivity contribution in [2.24, 2.45) is 0 Å². The molecule has 0 aliphatic carbocycles. The molecule has 0 radical (unpaired) electrons. The number of nitrogens with zero attached hydrogens (tertiary/aromatic N) is 1. The Balaban J connectivity index is 1.50. The van der Waals surface area contributed by atoms with E-state index in [1.165, 1.54) is 0 Å². The molecule has 0 spiro atoms. The summed E-state index contributed by atoms with van der Waals surface area (Å²) in [5.41, 5.74) is 4.62. The van der Waals surface area contributed by atoms with E-state index in [0.29, 0.717) is 36.3 Å². The number of ether oxygens (including phenoxy) is 3. The summed E-state index contributed by atoms with van der Waals surface area (Å²) in [5.74, 6) is -1.22. The average Bonchev–Trinajstić information content (AvgIpc) is 2.89. The molecule has 0 fully saturated rings. The minimum atomic E-state index is -0.406. The Morgan fingerprint density at radius 3 is 0.973 bits per heavy atom. The molecule has 0 saturated heterocycles. The molecule has 0 unspecified atom stereocenters. The number of hydrogen-bond donors (Lipinski definition) is 0. The van der Waals surface area contributed by atoms with Crippen LogP contribution in [-0.2, 0) is 14.2 Å². The third kappa shape index (κ3) is 9.20. The van der Waals surface area contributed by atoms with Crippen LogP contribution in [-0.4, -0.2) is 62.3 Å². The van der Waals surface area contributed by atoms with Crippen molar-refractivity contribution in [2.45, 2.75) is 20.8 Å². The monoisotopic (exact) mass is 503 g/mol. The van der Waals surface area contributed by atoms with Crippen molar-refractivity contribution in [3.05, 3.63) is 106 Å². The summed E-state index contributed by atoms with van der Waals surface area (Å²) in [4.78, 5) is 38.9. The van der Waals surface area contributed by atoms with Gasteiger partial charge in [0.05, 0.1) is 16.7 Å². The van der Waals surface area contributed by atoms with E-state index >= 15 is 0 Å². The van der Waals surface area contributed by atoms with Gasteiger partial charge in [0, 0.05) is 19.6 Å². The predicted octanol–water partition coefficient (Wildman–Crippen LogP) is 4.78. The molecule has 3 rings (SSSR count). The third-order valence-corrected chi connectivity index (χ3v) is 5.78. The van der Waals surface area contributed by atoms with Crippen LogP contribution >= 0.6 is 0 Å². The van der Waals surface area contributed by atoms with Gasteiger partial charge < -0.3 is 14.2 Å². The van der Waals surface area contributed by atoms with Crippen molar-refractivity contribution in [3.63, 3.8) is 0 Å². The highest BCUT2D eigenvalue weighted by Crippen LogP contribution is 2.08. The van der Waals surface area contributed by atoms with Gasteiger partial charge >= 0.3 is 17.9 Å². The molecule has 0 aliphatic heterocycles. The molecule has 0 N–H and O–H groups in total. The van der Waals surface area contributed by atoms with Gasteiger partial charge in [-0.25, -0.2) is 14.4 Å². The third-order valence-electron chi connectivity index (χ3n) is 5.78. The number of carbonyl (C=O) groups excluding carboxylic acids is 3. The predicted molar refractivity (Wildman–Crippen MR) is 141 cm³/mol. The van der Waals surface area contributed by atoms with Gasteiger partial charge in [0.25, 0.3) is 0 Å². The quantitative estimate of drug-likeness (QED) is 0.260.